The molecule has 2 aromatic carbocycles. The first-order valence-corrected chi connectivity index (χ1v) is 7.55. The third kappa shape index (κ3) is 3.04. The van der Waals surface area contributed by atoms with Gasteiger partial charge in [-0.15, -0.1) is 0 Å². The third-order valence-electron chi connectivity index (χ3n) is 4.14. The van der Waals surface area contributed by atoms with Crippen molar-refractivity contribution in [3.8, 4) is 11.8 Å². The van der Waals surface area contributed by atoms with Gasteiger partial charge in [-0.1, -0.05) is 30.3 Å². The molecule has 0 aliphatic heterocycles. The highest BCUT2D eigenvalue weighted by atomic mass is 16.5. The van der Waals surface area contributed by atoms with Crippen molar-refractivity contribution >= 4 is 16.7 Å². The Balaban J connectivity index is 1.61. The fourth-order valence-electron chi connectivity index (χ4n) is 2.95. The van der Waals surface area contributed by atoms with Gasteiger partial charge in [-0.25, -0.2) is 0 Å². The number of nitrogens with one attached hydrogen (secondary N) is 1. The monoisotopic (exact) mass is 294 g/mol. The van der Waals surface area contributed by atoms with Gasteiger partial charge >= 0.3 is 0 Å². The molecule has 4 heteroatoms. The zero-order valence-electron chi connectivity index (χ0n) is 12.3. The highest BCUT2D eigenvalue weighted by molar-refractivity contribution is 5.84. The maximum atomic E-state index is 12.0. The summed E-state index contributed by atoms with van der Waals surface area (Å²) in [7, 11) is 0. The molecule has 3 rings (SSSR count). The molecule has 22 heavy (non-hydrogen) atoms. The number of carbonyl (C=O) groups excluding carboxylic acids is 1. The molecule has 2 aromatic rings. The van der Waals surface area contributed by atoms with Crippen molar-refractivity contribution in [3.63, 3.8) is 0 Å². The van der Waals surface area contributed by atoms with Crippen LogP contribution in [0.4, 0.5) is 0 Å². The molecule has 112 valence electrons. The van der Waals surface area contributed by atoms with Crippen LogP contribution in [0.25, 0.3) is 10.8 Å². The molecule has 4 nitrogen and oxygen atoms in total. The number of ether oxygens (including phenoxy) is 1. The van der Waals surface area contributed by atoms with E-state index in [1.165, 1.54) is 0 Å². The minimum atomic E-state index is -0.691. The number of nitriles is 1. The lowest BCUT2D eigenvalue weighted by Gasteiger charge is -2.21. The van der Waals surface area contributed by atoms with E-state index in [4.69, 9.17) is 4.74 Å². The second-order valence-corrected chi connectivity index (χ2v) is 5.75. The fraction of sp³-hybridized carbons (Fsp3) is 0.333. The fourth-order valence-corrected chi connectivity index (χ4v) is 2.95. The van der Waals surface area contributed by atoms with Crippen molar-refractivity contribution in [1.82, 2.24) is 5.32 Å². The summed E-state index contributed by atoms with van der Waals surface area (Å²) in [4.78, 5) is 12.0. The van der Waals surface area contributed by atoms with Gasteiger partial charge in [0, 0.05) is 0 Å². The van der Waals surface area contributed by atoms with Crippen molar-refractivity contribution in [2.75, 3.05) is 6.61 Å². The van der Waals surface area contributed by atoms with Crippen LogP contribution >= 0.6 is 0 Å². The number of rotatable bonds is 4. The van der Waals surface area contributed by atoms with E-state index in [2.05, 4.69) is 11.4 Å². The molecule has 1 saturated carbocycles. The SMILES string of the molecule is N#CC1(NC(=O)COc2ccc3ccccc3c2)CCCC1. The Morgan fingerprint density at radius 1 is 1.18 bits per heavy atom. The van der Waals surface area contributed by atoms with Crippen molar-refractivity contribution in [1.29, 1.82) is 5.26 Å². The molecule has 0 bridgehead atoms. The first kappa shape index (κ1) is 14.4. The summed E-state index contributed by atoms with van der Waals surface area (Å²) in [5.74, 6) is 0.419. The number of amides is 1. The Morgan fingerprint density at radius 3 is 2.64 bits per heavy atom. The average Bonchev–Trinajstić information content (AvgIpc) is 3.02. The van der Waals surface area contributed by atoms with Crippen LogP contribution in [-0.2, 0) is 4.79 Å². The van der Waals surface area contributed by atoms with Gasteiger partial charge in [-0.05, 0) is 48.6 Å². The summed E-state index contributed by atoms with van der Waals surface area (Å²) >= 11 is 0. The number of hydrogen-bond donors (Lipinski definition) is 1. The van der Waals surface area contributed by atoms with Gasteiger partial charge in [-0.3, -0.25) is 4.79 Å². The Kier molecular flexibility index (Phi) is 3.97. The van der Waals surface area contributed by atoms with Gasteiger partial charge in [0.05, 0.1) is 6.07 Å². The minimum Gasteiger partial charge on any atom is -0.484 e. The van der Waals surface area contributed by atoms with Crippen molar-refractivity contribution in [2.45, 2.75) is 31.2 Å². The molecular formula is C18H18N2O2. The van der Waals surface area contributed by atoms with Crippen LogP contribution in [0, 0.1) is 11.3 Å². The van der Waals surface area contributed by atoms with Gasteiger partial charge < -0.3 is 10.1 Å². The lowest BCUT2D eigenvalue weighted by molar-refractivity contribution is -0.124. The van der Waals surface area contributed by atoms with E-state index in [-0.39, 0.29) is 12.5 Å². The molecule has 0 aromatic heterocycles. The molecule has 0 unspecified atom stereocenters. The standard InChI is InChI=1S/C18H18N2O2/c19-13-18(9-3-4-10-18)20-17(21)12-22-16-8-7-14-5-1-2-6-15(14)11-16/h1-2,5-8,11H,3-4,9-10,12H2,(H,20,21). The molecule has 1 aliphatic rings. The van der Waals surface area contributed by atoms with Crippen LogP contribution in [0.2, 0.25) is 0 Å². The zero-order chi connectivity index (χ0) is 15.4. The van der Waals surface area contributed by atoms with E-state index in [9.17, 15) is 10.1 Å². The summed E-state index contributed by atoms with van der Waals surface area (Å²) in [5, 5.41) is 14.3. The van der Waals surface area contributed by atoms with Crippen molar-refractivity contribution < 1.29 is 9.53 Å². The molecule has 1 aliphatic carbocycles. The summed E-state index contributed by atoms with van der Waals surface area (Å²) < 4.78 is 5.55. The minimum absolute atomic E-state index is 0.0677. The second-order valence-electron chi connectivity index (χ2n) is 5.75. The van der Waals surface area contributed by atoms with E-state index >= 15 is 0 Å². The van der Waals surface area contributed by atoms with Crippen LogP contribution in [0.3, 0.4) is 0 Å². The summed E-state index contributed by atoms with van der Waals surface area (Å²) in [6, 6.07) is 16.0. The Hall–Kier alpha value is -2.54. The molecule has 0 saturated heterocycles. The quantitative estimate of drug-likeness (QED) is 0.942. The molecule has 0 spiro atoms. The van der Waals surface area contributed by atoms with E-state index in [1.807, 2.05) is 42.5 Å². The third-order valence-corrected chi connectivity index (χ3v) is 4.14. The van der Waals surface area contributed by atoms with E-state index in [0.29, 0.717) is 5.75 Å². The summed E-state index contributed by atoms with van der Waals surface area (Å²) in [5.41, 5.74) is -0.691. The predicted molar refractivity (Wildman–Crippen MR) is 84.4 cm³/mol. The van der Waals surface area contributed by atoms with Crippen LogP contribution in [-0.4, -0.2) is 18.1 Å². The van der Waals surface area contributed by atoms with Gasteiger partial charge in [0.1, 0.15) is 11.3 Å². The lowest BCUT2D eigenvalue weighted by atomic mass is 10.00. The first-order valence-electron chi connectivity index (χ1n) is 7.55. The van der Waals surface area contributed by atoms with Crippen LogP contribution in [0.5, 0.6) is 5.75 Å². The van der Waals surface area contributed by atoms with Gasteiger partial charge in [-0.2, -0.15) is 5.26 Å². The van der Waals surface area contributed by atoms with Gasteiger partial charge in [0.2, 0.25) is 0 Å². The molecular weight excluding hydrogens is 276 g/mol. The molecule has 1 amide bonds. The molecule has 0 heterocycles. The van der Waals surface area contributed by atoms with Crippen LogP contribution in [0.15, 0.2) is 42.5 Å². The molecule has 1 fully saturated rings. The smallest absolute Gasteiger partial charge is 0.259 e. The van der Waals surface area contributed by atoms with E-state index in [0.717, 1.165) is 36.5 Å². The molecule has 0 atom stereocenters. The van der Waals surface area contributed by atoms with E-state index < -0.39 is 5.54 Å². The molecule has 0 radical (unpaired) electrons. The summed E-state index contributed by atoms with van der Waals surface area (Å²) in [6.07, 6.45) is 3.43. The Labute approximate surface area is 129 Å². The van der Waals surface area contributed by atoms with Crippen LogP contribution < -0.4 is 10.1 Å². The van der Waals surface area contributed by atoms with Crippen molar-refractivity contribution in [2.24, 2.45) is 0 Å². The topological polar surface area (TPSA) is 62.1 Å². The molecule has 1 N–H and O–H groups in total. The maximum absolute atomic E-state index is 12.0. The Morgan fingerprint density at radius 2 is 1.91 bits per heavy atom. The highest BCUT2D eigenvalue weighted by Crippen LogP contribution is 2.28. The lowest BCUT2D eigenvalue weighted by Crippen LogP contribution is -2.47. The first-order chi connectivity index (χ1) is 10.7. The number of fused-ring (bicyclic) bond motifs is 1. The number of nitrogens with zero attached hydrogens (tertiary/aromatic N) is 1. The normalized spacial score (nSPS) is 16.1. The van der Waals surface area contributed by atoms with Crippen molar-refractivity contribution in [3.05, 3.63) is 42.5 Å². The number of carbonyl (C=O) groups is 1. The van der Waals surface area contributed by atoms with Gasteiger partial charge in [0.15, 0.2) is 6.61 Å². The zero-order valence-corrected chi connectivity index (χ0v) is 12.3. The predicted octanol–water partition coefficient (Wildman–Crippen LogP) is 3.17. The highest BCUT2D eigenvalue weighted by Gasteiger charge is 2.35. The van der Waals surface area contributed by atoms with Crippen LogP contribution in [0.1, 0.15) is 25.7 Å². The average molecular weight is 294 g/mol. The largest absolute Gasteiger partial charge is 0.484 e. The summed E-state index contributed by atoms with van der Waals surface area (Å²) in [6.45, 7) is -0.0677. The second kappa shape index (κ2) is 6.07. The van der Waals surface area contributed by atoms with E-state index in [1.54, 1.807) is 0 Å². The maximum Gasteiger partial charge on any atom is 0.259 e. The Bertz CT molecular complexity index is 727. The van der Waals surface area contributed by atoms with Gasteiger partial charge in [0.25, 0.3) is 5.91 Å². The number of hydrogen-bond acceptors (Lipinski definition) is 3. The number of benzene rings is 2.